The van der Waals surface area contributed by atoms with Gasteiger partial charge in [0.2, 0.25) is 5.82 Å². The number of H-pyrrole nitrogens is 1. The van der Waals surface area contributed by atoms with Crippen LogP contribution in [0.25, 0.3) is 0 Å². The number of phosphoric acid groups is 1. The van der Waals surface area contributed by atoms with Crippen molar-refractivity contribution in [3.05, 3.63) is 56.0 Å². The summed E-state index contributed by atoms with van der Waals surface area (Å²) < 4.78 is 50.1. The van der Waals surface area contributed by atoms with Crippen molar-refractivity contribution in [3.63, 3.8) is 0 Å². The molecule has 11 heteroatoms. The third kappa shape index (κ3) is 4.22. The molecule has 1 fully saturated rings. The summed E-state index contributed by atoms with van der Waals surface area (Å²) in [6.45, 7) is 3.95. The van der Waals surface area contributed by atoms with E-state index in [1.807, 2.05) is 26.0 Å². The van der Waals surface area contributed by atoms with Gasteiger partial charge in [0.05, 0.1) is 25.5 Å². The third-order valence-electron chi connectivity index (χ3n) is 4.82. The molecule has 0 saturated carbocycles. The molecule has 0 aliphatic carbocycles. The van der Waals surface area contributed by atoms with E-state index in [0.29, 0.717) is 18.6 Å². The normalized spacial score (nSPS) is 26.2. The van der Waals surface area contributed by atoms with Crippen LogP contribution >= 0.6 is 20.0 Å². The number of fused-ring (bicyclic) bond motifs is 1. The van der Waals surface area contributed by atoms with Crippen LogP contribution in [0, 0.1) is 24.4 Å². The second-order valence-corrected chi connectivity index (χ2v) is 9.09. The highest BCUT2D eigenvalue weighted by atomic mass is 32.1. The van der Waals surface area contributed by atoms with Gasteiger partial charge in [-0.15, -0.1) is 0 Å². The van der Waals surface area contributed by atoms with E-state index >= 15 is 0 Å². The van der Waals surface area contributed by atoms with Crippen LogP contribution in [0.2, 0.25) is 0 Å². The molecule has 0 amide bonds. The second-order valence-electron chi connectivity index (χ2n) is 7.11. The van der Waals surface area contributed by atoms with Gasteiger partial charge in [0, 0.05) is 5.56 Å². The van der Waals surface area contributed by atoms with Gasteiger partial charge in [-0.25, -0.2) is 4.57 Å². The largest absolute Gasteiger partial charge is 0.530 e. The van der Waals surface area contributed by atoms with Crippen LogP contribution in [0.15, 0.2) is 23.1 Å². The zero-order valence-corrected chi connectivity index (χ0v) is 17.6. The number of halogens is 1. The van der Waals surface area contributed by atoms with Gasteiger partial charge in [0.25, 0.3) is 5.56 Å². The summed E-state index contributed by atoms with van der Waals surface area (Å²) >= 11 is 5.06. The lowest BCUT2D eigenvalue weighted by molar-refractivity contribution is -0.0260. The van der Waals surface area contributed by atoms with Crippen LogP contribution in [0.1, 0.15) is 35.8 Å². The molecule has 3 atom stereocenters. The number of rotatable bonds is 4. The van der Waals surface area contributed by atoms with Crippen LogP contribution < -0.4 is 10.1 Å². The number of phosphoric ester groups is 1. The van der Waals surface area contributed by atoms with E-state index in [0.717, 1.165) is 22.9 Å². The van der Waals surface area contributed by atoms with Gasteiger partial charge in [-0.3, -0.25) is 23.4 Å². The van der Waals surface area contributed by atoms with Crippen LogP contribution in [0.4, 0.5) is 4.39 Å². The Morgan fingerprint density at radius 1 is 1.38 bits per heavy atom. The van der Waals surface area contributed by atoms with E-state index in [9.17, 15) is 13.8 Å². The first-order valence-corrected chi connectivity index (χ1v) is 11.0. The number of aromatic amines is 1. The molecule has 3 heterocycles. The van der Waals surface area contributed by atoms with E-state index in [2.05, 4.69) is 4.98 Å². The summed E-state index contributed by atoms with van der Waals surface area (Å²) in [5, 5.41) is 0. The summed E-state index contributed by atoms with van der Waals surface area (Å²) in [6.07, 6.45) is 1.16. The van der Waals surface area contributed by atoms with Gasteiger partial charge in [-0.1, -0.05) is 17.7 Å². The predicted molar refractivity (Wildman–Crippen MR) is 104 cm³/mol. The molecule has 2 aromatic rings. The Bertz CT molecular complexity index is 1120. The predicted octanol–water partition coefficient (Wildman–Crippen LogP) is 4.07. The van der Waals surface area contributed by atoms with E-state index in [4.69, 9.17) is 30.5 Å². The molecule has 1 saturated heterocycles. The summed E-state index contributed by atoms with van der Waals surface area (Å²) in [4.78, 5) is 13.5. The molecule has 4 rings (SSSR count). The molecular formula is C18H20FN2O6PS. The minimum atomic E-state index is -3.77. The molecule has 0 bridgehead atoms. The Morgan fingerprint density at radius 2 is 2.17 bits per heavy atom. The number of nitrogens with one attached hydrogen (secondary N) is 1. The number of aryl methyl sites for hydroxylation is 2. The van der Waals surface area contributed by atoms with Crippen molar-refractivity contribution < 1.29 is 27.3 Å². The first kappa shape index (κ1) is 20.4. The van der Waals surface area contributed by atoms with E-state index in [1.165, 1.54) is 4.57 Å². The van der Waals surface area contributed by atoms with Crippen LogP contribution in [-0.2, 0) is 25.0 Å². The Labute approximate surface area is 171 Å². The van der Waals surface area contributed by atoms with Crippen molar-refractivity contribution in [1.29, 1.82) is 0 Å². The molecule has 1 aromatic carbocycles. The standard InChI is InChI=1S/C18H20FN2O6PS/c1-10-5-11(2)16-12(6-10)8-24-28(23,27-16)25-9-13-3-4-15(26-13)21-7-14(19)17(22)20-18(21)29/h5-7,13,15H,3-4,8-9H2,1-2H3,(H,20,22,29). The molecule has 0 radical (unpaired) electrons. The number of nitrogens with zero attached hydrogens (tertiary/aromatic N) is 1. The van der Waals surface area contributed by atoms with Crippen molar-refractivity contribution in [3.8, 4) is 5.75 Å². The minimum Gasteiger partial charge on any atom is -0.403 e. The van der Waals surface area contributed by atoms with Crippen molar-refractivity contribution in [2.75, 3.05) is 6.61 Å². The molecule has 2 aliphatic rings. The van der Waals surface area contributed by atoms with Crippen molar-refractivity contribution in [2.24, 2.45) is 0 Å². The Hall–Kier alpha value is -1.84. The fraction of sp³-hybridized carbons (Fsp3) is 0.444. The molecule has 0 spiro atoms. The Kier molecular flexibility index (Phi) is 5.48. The molecular weight excluding hydrogens is 422 g/mol. The van der Waals surface area contributed by atoms with Crippen molar-refractivity contribution in [1.82, 2.24) is 9.55 Å². The first-order chi connectivity index (χ1) is 13.7. The third-order valence-corrected chi connectivity index (χ3v) is 6.45. The molecule has 156 valence electrons. The Morgan fingerprint density at radius 3 is 2.97 bits per heavy atom. The maximum Gasteiger partial charge on any atom is 0.530 e. The van der Waals surface area contributed by atoms with E-state index < -0.39 is 31.5 Å². The van der Waals surface area contributed by atoms with Gasteiger partial charge in [-0.05, 0) is 44.5 Å². The molecule has 1 aromatic heterocycles. The summed E-state index contributed by atoms with van der Waals surface area (Å²) in [7, 11) is -3.77. The average Bonchev–Trinajstić information content (AvgIpc) is 3.13. The maximum absolute atomic E-state index is 13.6. The molecule has 2 aliphatic heterocycles. The monoisotopic (exact) mass is 442 g/mol. The summed E-state index contributed by atoms with van der Waals surface area (Å²) in [5.41, 5.74) is 1.87. The van der Waals surface area contributed by atoms with Crippen LogP contribution in [-0.4, -0.2) is 22.3 Å². The van der Waals surface area contributed by atoms with Gasteiger partial charge in [-0.2, -0.15) is 4.39 Å². The second kappa shape index (κ2) is 7.77. The van der Waals surface area contributed by atoms with Crippen LogP contribution in [0.5, 0.6) is 5.75 Å². The van der Waals surface area contributed by atoms with Gasteiger partial charge < -0.3 is 9.26 Å². The summed E-state index contributed by atoms with van der Waals surface area (Å²) in [5.74, 6) is -0.426. The highest BCUT2D eigenvalue weighted by Crippen LogP contribution is 2.55. The van der Waals surface area contributed by atoms with Crippen molar-refractivity contribution in [2.45, 2.75) is 45.6 Å². The lowest BCUT2D eigenvalue weighted by atomic mass is 10.1. The quantitative estimate of drug-likeness (QED) is 0.564. The zero-order valence-electron chi connectivity index (χ0n) is 15.8. The number of hydrogen-bond acceptors (Lipinski definition) is 7. The van der Waals surface area contributed by atoms with E-state index in [1.54, 1.807) is 0 Å². The molecule has 8 nitrogen and oxygen atoms in total. The smallest absolute Gasteiger partial charge is 0.403 e. The van der Waals surface area contributed by atoms with E-state index in [-0.39, 0.29) is 18.0 Å². The number of hydrogen-bond donors (Lipinski definition) is 1. The zero-order chi connectivity index (χ0) is 20.8. The maximum atomic E-state index is 13.6. The highest BCUT2D eigenvalue weighted by molar-refractivity contribution is 7.71. The lowest BCUT2D eigenvalue weighted by Crippen LogP contribution is -2.22. The summed E-state index contributed by atoms with van der Waals surface area (Å²) in [6, 6.07) is 3.86. The number of aromatic nitrogens is 2. The Balaban J connectivity index is 1.40. The van der Waals surface area contributed by atoms with Crippen molar-refractivity contribution >= 4 is 20.0 Å². The highest BCUT2D eigenvalue weighted by Gasteiger charge is 2.37. The average molecular weight is 442 g/mol. The van der Waals surface area contributed by atoms with Gasteiger partial charge >= 0.3 is 7.82 Å². The number of benzene rings is 1. The topological polar surface area (TPSA) is 91.8 Å². The first-order valence-electron chi connectivity index (χ1n) is 9.09. The molecule has 3 unspecified atom stereocenters. The van der Waals surface area contributed by atoms with Gasteiger partial charge in [0.15, 0.2) is 4.77 Å². The SMILES string of the molecule is Cc1cc(C)c2c(c1)COP(=O)(OCC1CCC(n3cc(F)c(=O)[nH]c3=S)O1)O2. The minimum absolute atomic E-state index is 0.0207. The van der Waals surface area contributed by atoms with Crippen LogP contribution in [0.3, 0.4) is 0 Å². The molecule has 29 heavy (non-hydrogen) atoms. The number of ether oxygens (including phenoxy) is 1. The fourth-order valence-corrected chi connectivity index (χ4v) is 5.07. The molecule has 1 N–H and O–H groups in total. The fourth-order valence-electron chi connectivity index (χ4n) is 3.49. The van der Waals surface area contributed by atoms with Gasteiger partial charge in [0.1, 0.15) is 12.0 Å². The lowest BCUT2D eigenvalue weighted by Gasteiger charge is -2.27.